The SMILES string of the molecule is Nc1n(CCN2CCCCC2)c2ccccc2[n+]1C[C@H](O)c1cccc(Br)c1. The summed E-state index contributed by atoms with van der Waals surface area (Å²) in [4.78, 5) is 2.53. The van der Waals surface area contributed by atoms with E-state index >= 15 is 0 Å². The van der Waals surface area contributed by atoms with E-state index in [4.69, 9.17) is 5.73 Å². The van der Waals surface area contributed by atoms with E-state index < -0.39 is 6.10 Å². The van der Waals surface area contributed by atoms with Gasteiger partial charge in [-0.15, -0.1) is 0 Å². The van der Waals surface area contributed by atoms with Crippen molar-refractivity contribution in [2.45, 2.75) is 38.5 Å². The average Bonchev–Trinajstić information content (AvgIpc) is 2.98. The van der Waals surface area contributed by atoms with Crippen LogP contribution in [0.25, 0.3) is 11.0 Å². The molecule has 0 aliphatic carbocycles. The molecule has 5 nitrogen and oxygen atoms in total. The Labute approximate surface area is 174 Å². The second-order valence-corrected chi connectivity index (χ2v) is 8.50. The van der Waals surface area contributed by atoms with Crippen molar-refractivity contribution in [3.63, 3.8) is 0 Å². The number of anilines is 1. The van der Waals surface area contributed by atoms with Crippen LogP contribution in [-0.2, 0) is 13.1 Å². The number of nitrogens with two attached hydrogens (primary N) is 1. The van der Waals surface area contributed by atoms with Crippen molar-refractivity contribution in [3.8, 4) is 0 Å². The molecule has 3 aromatic rings. The predicted octanol–water partition coefficient (Wildman–Crippen LogP) is 3.49. The Hall–Kier alpha value is -1.89. The molecule has 0 spiro atoms. The fourth-order valence-electron chi connectivity index (χ4n) is 4.16. The van der Waals surface area contributed by atoms with Gasteiger partial charge in [0, 0.05) is 11.0 Å². The van der Waals surface area contributed by atoms with Gasteiger partial charge in [-0.25, -0.2) is 9.13 Å². The number of benzene rings is 2. The molecule has 2 aromatic carbocycles. The number of aromatic nitrogens is 2. The summed E-state index contributed by atoms with van der Waals surface area (Å²) >= 11 is 3.48. The molecule has 0 saturated carbocycles. The molecular weight excluding hydrogens is 416 g/mol. The smallest absolute Gasteiger partial charge is 0.356 e. The molecule has 1 saturated heterocycles. The minimum atomic E-state index is -0.619. The number of hydrogen-bond donors (Lipinski definition) is 2. The van der Waals surface area contributed by atoms with Crippen LogP contribution < -0.4 is 10.3 Å². The Morgan fingerprint density at radius 1 is 1.04 bits per heavy atom. The number of hydrogen-bond acceptors (Lipinski definition) is 3. The molecule has 1 aromatic heterocycles. The van der Waals surface area contributed by atoms with Crippen molar-refractivity contribution in [3.05, 3.63) is 58.6 Å². The van der Waals surface area contributed by atoms with Gasteiger partial charge in [0.1, 0.15) is 23.7 Å². The van der Waals surface area contributed by atoms with Gasteiger partial charge in [-0.1, -0.05) is 46.6 Å². The minimum Gasteiger partial charge on any atom is -0.385 e. The number of aliphatic hydroxyl groups is 1. The molecule has 1 aliphatic rings. The first kappa shape index (κ1) is 19.4. The lowest BCUT2D eigenvalue weighted by Gasteiger charge is -2.25. The molecule has 28 heavy (non-hydrogen) atoms. The largest absolute Gasteiger partial charge is 0.385 e. The van der Waals surface area contributed by atoms with Crippen LogP contribution in [0, 0.1) is 0 Å². The lowest BCUT2D eigenvalue weighted by atomic mass is 10.1. The summed E-state index contributed by atoms with van der Waals surface area (Å²) in [5.41, 5.74) is 9.64. The number of nitrogens with zero attached hydrogens (tertiary/aromatic N) is 3. The van der Waals surface area contributed by atoms with E-state index in [1.165, 1.54) is 32.4 Å². The number of halogens is 1. The summed E-state index contributed by atoms with van der Waals surface area (Å²) in [6.45, 7) is 4.67. The van der Waals surface area contributed by atoms with E-state index in [0.717, 1.165) is 34.2 Å². The lowest BCUT2D eigenvalue weighted by Crippen LogP contribution is -2.40. The van der Waals surface area contributed by atoms with Gasteiger partial charge in [0.05, 0.1) is 6.54 Å². The third-order valence-electron chi connectivity index (χ3n) is 5.69. The van der Waals surface area contributed by atoms with Crippen LogP contribution in [0.1, 0.15) is 30.9 Å². The molecule has 4 rings (SSSR count). The summed E-state index contributed by atoms with van der Waals surface area (Å²) in [5, 5.41) is 10.8. The lowest BCUT2D eigenvalue weighted by molar-refractivity contribution is -0.666. The number of para-hydroxylation sites is 2. The van der Waals surface area contributed by atoms with Gasteiger partial charge >= 0.3 is 5.95 Å². The summed E-state index contributed by atoms with van der Waals surface area (Å²) in [6.07, 6.45) is 3.31. The van der Waals surface area contributed by atoms with E-state index in [-0.39, 0.29) is 0 Å². The summed E-state index contributed by atoms with van der Waals surface area (Å²) in [5.74, 6) is 0.701. The third kappa shape index (κ3) is 4.09. The van der Waals surface area contributed by atoms with Crippen LogP contribution in [0.15, 0.2) is 53.0 Å². The molecule has 3 N–H and O–H groups in total. The van der Waals surface area contributed by atoms with Crippen molar-refractivity contribution in [2.24, 2.45) is 0 Å². The number of piperidine rings is 1. The van der Waals surface area contributed by atoms with Crippen molar-refractivity contribution in [2.75, 3.05) is 25.4 Å². The Bertz CT molecular complexity index is 949. The van der Waals surface area contributed by atoms with Crippen molar-refractivity contribution in [1.29, 1.82) is 0 Å². The van der Waals surface area contributed by atoms with E-state index in [0.29, 0.717) is 12.5 Å². The normalized spacial score (nSPS) is 16.5. The van der Waals surface area contributed by atoms with Crippen molar-refractivity contribution >= 4 is 32.9 Å². The summed E-state index contributed by atoms with van der Waals surface area (Å²) < 4.78 is 5.19. The van der Waals surface area contributed by atoms with E-state index in [2.05, 4.69) is 37.5 Å². The molecule has 1 fully saturated rings. The van der Waals surface area contributed by atoms with Gasteiger partial charge in [-0.2, -0.15) is 0 Å². The number of nitrogen functional groups attached to an aromatic ring is 1. The van der Waals surface area contributed by atoms with Gasteiger partial charge in [0.25, 0.3) is 0 Å². The molecule has 1 aliphatic heterocycles. The molecule has 0 unspecified atom stereocenters. The van der Waals surface area contributed by atoms with Gasteiger partial charge < -0.3 is 10.0 Å². The Kier molecular flexibility index (Phi) is 5.99. The Morgan fingerprint density at radius 3 is 2.61 bits per heavy atom. The quantitative estimate of drug-likeness (QED) is 0.573. The second-order valence-electron chi connectivity index (χ2n) is 7.58. The number of aliphatic hydroxyl groups excluding tert-OH is 1. The summed E-state index contributed by atoms with van der Waals surface area (Å²) in [7, 11) is 0. The molecular formula is C22H28BrN4O+. The topological polar surface area (TPSA) is 58.3 Å². The van der Waals surface area contributed by atoms with Crippen LogP contribution in [0.2, 0.25) is 0 Å². The molecule has 6 heteroatoms. The van der Waals surface area contributed by atoms with Crippen molar-refractivity contribution < 1.29 is 9.67 Å². The zero-order chi connectivity index (χ0) is 19.5. The van der Waals surface area contributed by atoms with Crippen LogP contribution in [0.5, 0.6) is 0 Å². The maximum Gasteiger partial charge on any atom is 0.356 e. The van der Waals surface area contributed by atoms with E-state index in [9.17, 15) is 5.11 Å². The number of fused-ring (bicyclic) bond motifs is 1. The zero-order valence-corrected chi connectivity index (χ0v) is 17.7. The van der Waals surface area contributed by atoms with Gasteiger partial charge in [-0.05, 0) is 55.8 Å². The molecule has 148 valence electrons. The third-order valence-corrected chi connectivity index (χ3v) is 6.19. The maximum absolute atomic E-state index is 10.8. The Morgan fingerprint density at radius 2 is 1.82 bits per heavy atom. The molecule has 1 atom stereocenters. The first-order valence-corrected chi connectivity index (χ1v) is 10.9. The minimum absolute atomic E-state index is 0.430. The van der Waals surface area contributed by atoms with Gasteiger partial charge in [0.2, 0.25) is 0 Å². The predicted molar refractivity (Wildman–Crippen MR) is 116 cm³/mol. The fourth-order valence-corrected chi connectivity index (χ4v) is 4.57. The highest BCUT2D eigenvalue weighted by molar-refractivity contribution is 9.10. The monoisotopic (exact) mass is 443 g/mol. The van der Waals surface area contributed by atoms with E-state index in [1.807, 2.05) is 41.0 Å². The molecule has 0 radical (unpaired) electrons. The fraction of sp³-hybridized carbons (Fsp3) is 0.409. The van der Waals surface area contributed by atoms with Gasteiger partial charge in [-0.3, -0.25) is 5.73 Å². The highest BCUT2D eigenvalue weighted by atomic mass is 79.9. The zero-order valence-electron chi connectivity index (χ0n) is 16.1. The van der Waals surface area contributed by atoms with Gasteiger partial charge in [0.15, 0.2) is 0 Å². The maximum atomic E-state index is 10.8. The van der Waals surface area contributed by atoms with Crippen LogP contribution in [-0.4, -0.2) is 34.2 Å². The number of likely N-dealkylation sites (tertiary alicyclic amines) is 1. The van der Waals surface area contributed by atoms with Crippen LogP contribution in [0.4, 0.5) is 5.95 Å². The molecule has 2 heterocycles. The highest BCUT2D eigenvalue weighted by Crippen LogP contribution is 2.22. The highest BCUT2D eigenvalue weighted by Gasteiger charge is 2.24. The van der Waals surface area contributed by atoms with Crippen LogP contribution in [0.3, 0.4) is 0 Å². The first-order valence-electron chi connectivity index (χ1n) is 10.1. The first-order chi connectivity index (χ1) is 13.6. The van der Waals surface area contributed by atoms with Crippen LogP contribution >= 0.6 is 15.9 Å². The molecule has 0 amide bonds. The standard InChI is InChI=1S/C22H27BrN4O/c23-18-8-6-7-17(15-18)21(28)16-27-20-10-3-2-9-19(20)26(22(27)24)14-13-25-11-4-1-5-12-25/h2-3,6-10,15,21,24,28H,1,4-5,11-14,16H2/p+1/t21-/m0/s1. The average molecular weight is 444 g/mol. The molecule has 0 bridgehead atoms. The second kappa shape index (κ2) is 8.64. The number of rotatable bonds is 6. The van der Waals surface area contributed by atoms with E-state index in [1.54, 1.807) is 0 Å². The Balaban J connectivity index is 1.60. The summed E-state index contributed by atoms with van der Waals surface area (Å²) in [6, 6.07) is 16.1. The van der Waals surface area contributed by atoms with Crippen molar-refractivity contribution in [1.82, 2.24) is 9.47 Å². The number of imidazole rings is 1.